The van der Waals surface area contributed by atoms with Gasteiger partial charge >= 0.3 is 0 Å². The van der Waals surface area contributed by atoms with Crippen molar-refractivity contribution in [2.75, 3.05) is 4.90 Å². The largest absolute Gasteiger partial charge is 0.370 e. The van der Waals surface area contributed by atoms with Crippen molar-refractivity contribution in [2.45, 2.75) is 45.4 Å². The van der Waals surface area contributed by atoms with Gasteiger partial charge in [0.2, 0.25) is 17.7 Å². The van der Waals surface area contributed by atoms with Crippen LogP contribution < -0.4 is 10.6 Å². The third-order valence-corrected chi connectivity index (χ3v) is 4.28. The number of anilines is 1. The molecule has 5 nitrogen and oxygen atoms in total. The van der Waals surface area contributed by atoms with Crippen LogP contribution >= 0.6 is 0 Å². The molecule has 1 aromatic rings. The molecule has 0 saturated carbocycles. The Morgan fingerprint density at radius 1 is 1.27 bits per heavy atom. The first-order chi connectivity index (χ1) is 10.2. The Labute approximate surface area is 130 Å². The predicted molar refractivity (Wildman–Crippen MR) is 84.2 cm³/mol. The zero-order valence-corrected chi connectivity index (χ0v) is 13.3. The van der Waals surface area contributed by atoms with E-state index in [2.05, 4.69) is 0 Å². The molecular weight excluding hydrogens is 280 g/mol. The molecule has 2 N–H and O–H groups in total. The number of imide groups is 1. The van der Waals surface area contributed by atoms with Crippen LogP contribution in [0.4, 0.5) is 5.69 Å². The number of nitrogens with zero attached hydrogens (tertiary/aromatic N) is 1. The lowest BCUT2D eigenvalue weighted by Crippen LogP contribution is -2.30. The van der Waals surface area contributed by atoms with E-state index in [0.29, 0.717) is 18.5 Å². The van der Waals surface area contributed by atoms with Crippen molar-refractivity contribution in [1.29, 1.82) is 0 Å². The minimum absolute atomic E-state index is 0.147. The summed E-state index contributed by atoms with van der Waals surface area (Å²) in [5.74, 6) is -0.866. The van der Waals surface area contributed by atoms with Gasteiger partial charge in [-0.1, -0.05) is 32.9 Å². The molecule has 3 amide bonds. The number of carbonyl (C=O) groups excluding carboxylic acids is 3. The summed E-state index contributed by atoms with van der Waals surface area (Å²) in [7, 11) is 0. The van der Waals surface area contributed by atoms with Crippen molar-refractivity contribution in [3.63, 3.8) is 0 Å². The smallest absolute Gasteiger partial charge is 0.237 e. The van der Waals surface area contributed by atoms with Gasteiger partial charge in [-0.3, -0.25) is 19.3 Å². The maximum atomic E-state index is 12.0. The van der Waals surface area contributed by atoms with Crippen LogP contribution in [-0.2, 0) is 19.8 Å². The fourth-order valence-corrected chi connectivity index (χ4v) is 2.70. The van der Waals surface area contributed by atoms with Crippen LogP contribution in [0.1, 0.15) is 45.6 Å². The van der Waals surface area contributed by atoms with E-state index < -0.39 is 0 Å². The topological polar surface area (TPSA) is 80.5 Å². The van der Waals surface area contributed by atoms with Crippen LogP contribution in [0, 0.1) is 5.92 Å². The molecule has 0 bridgehead atoms. The third kappa shape index (κ3) is 3.18. The lowest BCUT2D eigenvalue weighted by molar-refractivity contribution is -0.122. The van der Waals surface area contributed by atoms with E-state index >= 15 is 0 Å². The monoisotopic (exact) mass is 302 g/mol. The minimum Gasteiger partial charge on any atom is -0.370 e. The standard InChI is InChI=1S/C17H22N2O3/c1-11-10-15(21)19(16(11)22)13-6-4-12(5-7-13)17(2,3)9-8-14(18)20/h4-7,11H,8-10H2,1-3H3,(H2,18,20). The highest BCUT2D eigenvalue weighted by Gasteiger charge is 2.36. The number of benzene rings is 1. The van der Waals surface area contributed by atoms with E-state index in [-0.39, 0.29) is 35.5 Å². The molecule has 1 saturated heterocycles. The van der Waals surface area contributed by atoms with E-state index in [1.54, 1.807) is 19.1 Å². The van der Waals surface area contributed by atoms with Crippen molar-refractivity contribution >= 4 is 23.4 Å². The van der Waals surface area contributed by atoms with Gasteiger partial charge < -0.3 is 5.73 Å². The maximum Gasteiger partial charge on any atom is 0.237 e. The second kappa shape index (κ2) is 5.91. The molecule has 0 aliphatic carbocycles. The van der Waals surface area contributed by atoms with Crippen molar-refractivity contribution < 1.29 is 14.4 Å². The number of carbonyl (C=O) groups is 3. The number of nitrogens with two attached hydrogens (primary N) is 1. The van der Waals surface area contributed by atoms with Gasteiger partial charge in [0.05, 0.1) is 5.69 Å². The Hall–Kier alpha value is -2.17. The lowest BCUT2D eigenvalue weighted by Gasteiger charge is -2.25. The van der Waals surface area contributed by atoms with Gasteiger partial charge in [0.1, 0.15) is 0 Å². The third-order valence-electron chi connectivity index (χ3n) is 4.28. The predicted octanol–water partition coefficient (Wildman–Crippen LogP) is 2.13. The molecule has 1 heterocycles. The molecule has 1 atom stereocenters. The first-order valence-corrected chi connectivity index (χ1v) is 7.48. The Kier molecular flexibility index (Phi) is 4.35. The zero-order chi connectivity index (χ0) is 16.5. The average molecular weight is 302 g/mol. The van der Waals surface area contributed by atoms with Crippen LogP contribution in [-0.4, -0.2) is 17.7 Å². The Morgan fingerprint density at radius 3 is 2.32 bits per heavy atom. The van der Waals surface area contributed by atoms with E-state index in [4.69, 9.17) is 5.73 Å². The summed E-state index contributed by atoms with van der Waals surface area (Å²) in [6, 6.07) is 7.38. The quantitative estimate of drug-likeness (QED) is 0.846. The molecule has 1 fully saturated rings. The molecule has 0 radical (unpaired) electrons. The second-order valence-corrected chi connectivity index (χ2v) is 6.57. The molecule has 0 aromatic heterocycles. The van der Waals surface area contributed by atoms with Gasteiger partial charge in [-0.2, -0.15) is 0 Å². The molecule has 2 rings (SSSR count). The fourth-order valence-electron chi connectivity index (χ4n) is 2.70. The molecular formula is C17H22N2O3. The molecule has 1 aromatic carbocycles. The Bertz CT molecular complexity index is 605. The molecule has 118 valence electrons. The molecule has 5 heteroatoms. The number of primary amides is 1. The maximum absolute atomic E-state index is 12.0. The second-order valence-electron chi connectivity index (χ2n) is 6.57. The van der Waals surface area contributed by atoms with Crippen LogP contribution in [0.25, 0.3) is 0 Å². The van der Waals surface area contributed by atoms with Crippen molar-refractivity contribution in [3.8, 4) is 0 Å². The fraction of sp³-hybridized carbons (Fsp3) is 0.471. The van der Waals surface area contributed by atoms with Gasteiger partial charge in [-0.25, -0.2) is 0 Å². The highest BCUT2D eigenvalue weighted by atomic mass is 16.2. The Morgan fingerprint density at radius 2 is 1.86 bits per heavy atom. The summed E-state index contributed by atoms with van der Waals surface area (Å²) in [5.41, 5.74) is 6.66. The minimum atomic E-state index is -0.313. The molecule has 0 spiro atoms. The average Bonchev–Trinajstić information content (AvgIpc) is 2.70. The SMILES string of the molecule is CC1CC(=O)N(c2ccc(C(C)(C)CCC(N)=O)cc2)C1=O. The lowest BCUT2D eigenvalue weighted by atomic mass is 9.80. The van der Waals surface area contributed by atoms with E-state index in [9.17, 15) is 14.4 Å². The summed E-state index contributed by atoms with van der Waals surface area (Å²) in [4.78, 5) is 36.1. The van der Waals surface area contributed by atoms with E-state index in [0.717, 1.165) is 5.56 Å². The molecule has 1 unspecified atom stereocenters. The van der Waals surface area contributed by atoms with Crippen LogP contribution in [0.3, 0.4) is 0 Å². The highest BCUT2D eigenvalue weighted by molar-refractivity contribution is 6.20. The number of hydrogen-bond acceptors (Lipinski definition) is 3. The molecule has 22 heavy (non-hydrogen) atoms. The van der Waals surface area contributed by atoms with Gasteiger partial charge in [-0.05, 0) is 29.5 Å². The highest BCUT2D eigenvalue weighted by Crippen LogP contribution is 2.31. The van der Waals surface area contributed by atoms with Crippen LogP contribution in [0.15, 0.2) is 24.3 Å². The summed E-state index contributed by atoms with van der Waals surface area (Å²) in [6.45, 7) is 5.85. The van der Waals surface area contributed by atoms with Gasteiger partial charge in [0.15, 0.2) is 0 Å². The summed E-state index contributed by atoms with van der Waals surface area (Å²) >= 11 is 0. The number of hydrogen-bond donors (Lipinski definition) is 1. The van der Waals surface area contributed by atoms with Crippen LogP contribution in [0.5, 0.6) is 0 Å². The van der Waals surface area contributed by atoms with Crippen molar-refractivity contribution in [3.05, 3.63) is 29.8 Å². The van der Waals surface area contributed by atoms with E-state index in [1.165, 1.54) is 4.90 Å². The number of amides is 3. The molecule has 1 aliphatic rings. The summed E-state index contributed by atoms with van der Waals surface area (Å²) < 4.78 is 0. The first-order valence-electron chi connectivity index (χ1n) is 7.48. The van der Waals surface area contributed by atoms with Crippen molar-refractivity contribution in [1.82, 2.24) is 0 Å². The Balaban J connectivity index is 2.18. The van der Waals surface area contributed by atoms with Crippen molar-refractivity contribution in [2.24, 2.45) is 11.7 Å². The van der Waals surface area contributed by atoms with Gasteiger partial charge in [0, 0.05) is 18.8 Å². The van der Waals surface area contributed by atoms with Crippen LogP contribution in [0.2, 0.25) is 0 Å². The summed E-state index contributed by atoms with van der Waals surface area (Å²) in [6.07, 6.45) is 1.25. The van der Waals surface area contributed by atoms with E-state index in [1.807, 2.05) is 26.0 Å². The van der Waals surface area contributed by atoms with Gasteiger partial charge in [0.25, 0.3) is 0 Å². The zero-order valence-electron chi connectivity index (χ0n) is 13.3. The first kappa shape index (κ1) is 16.2. The normalized spacial score (nSPS) is 18.9. The molecule has 1 aliphatic heterocycles. The number of rotatable bonds is 5. The van der Waals surface area contributed by atoms with Gasteiger partial charge in [-0.15, -0.1) is 0 Å². The summed E-state index contributed by atoms with van der Waals surface area (Å²) in [5, 5.41) is 0.